The minimum absolute atomic E-state index is 0.148. The number of nitrogens with one attached hydrogen (secondary N) is 2. The van der Waals surface area contributed by atoms with E-state index in [2.05, 4.69) is 29.4 Å². The molecule has 1 aromatic rings. The molecule has 3 heterocycles. The first-order chi connectivity index (χ1) is 16.7. The fourth-order valence-electron chi connectivity index (χ4n) is 6.58. The fourth-order valence-corrected chi connectivity index (χ4v) is 8.92. The summed E-state index contributed by atoms with van der Waals surface area (Å²) in [5.41, 5.74) is 1.75. The zero-order valence-corrected chi connectivity index (χ0v) is 22.2. The van der Waals surface area contributed by atoms with E-state index in [4.69, 9.17) is 0 Å². The summed E-state index contributed by atoms with van der Waals surface area (Å²) in [5, 5.41) is 15.9. The third-order valence-electron chi connectivity index (χ3n) is 8.33. The van der Waals surface area contributed by atoms with Crippen molar-refractivity contribution in [3.05, 3.63) is 24.3 Å². The van der Waals surface area contributed by atoms with E-state index in [0.717, 1.165) is 25.2 Å². The molecule has 2 bridgehead atoms. The highest BCUT2D eigenvalue weighted by atomic mass is 32.2. The average molecular weight is 503 g/mol. The van der Waals surface area contributed by atoms with Crippen molar-refractivity contribution in [2.75, 3.05) is 37.0 Å². The predicted octanol–water partition coefficient (Wildman–Crippen LogP) is 2.47. The maximum Gasteiger partial charge on any atom is 0.248 e. The number of rotatable bonds is 9. The van der Waals surface area contributed by atoms with Crippen LogP contribution in [-0.4, -0.2) is 76.0 Å². The van der Waals surface area contributed by atoms with Gasteiger partial charge in [0.2, 0.25) is 17.7 Å². The number of hydrogen-bond donors (Lipinski definition) is 3. The van der Waals surface area contributed by atoms with E-state index in [1.54, 1.807) is 23.7 Å². The maximum atomic E-state index is 13.9. The first-order valence-corrected chi connectivity index (χ1v) is 13.5. The molecule has 192 valence electrons. The van der Waals surface area contributed by atoms with Crippen molar-refractivity contribution in [3.8, 4) is 0 Å². The summed E-state index contributed by atoms with van der Waals surface area (Å²) in [4.78, 5) is 44.6. The van der Waals surface area contributed by atoms with Gasteiger partial charge >= 0.3 is 0 Å². The summed E-state index contributed by atoms with van der Waals surface area (Å²) < 4.78 is -1.08. The molecule has 8 nitrogen and oxygen atoms in total. The lowest BCUT2D eigenvalue weighted by Crippen LogP contribution is -2.54. The van der Waals surface area contributed by atoms with Crippen LogP contribution in [0.1, 0.15) is 47.0 Å². The Hall–Kier alpha value is -2.26. The van der Waals surface area contributed by atoms with Gasteiger partial charge in [0, 0.05) is 36.3 Å². The van der Waals surface area contributed by atoms with Gasteiger partial charge in [0.15, 0.2) is 0 Å². The summed E-state index contributed by atoms with van der Waals surface area (Å²) in [6.45, 7) is 9.73. The van der Waals surface area contributed by atoms with Gasteiger partial charge in [-0.25, -0.2) is 0 Å². The summed E-state index contributed by atoms with van der Waals surface area (Å²) in [6.07, 6.45) is 1.99. The van der Waals surface area contributed by atoms with Crippen molar-refractivity contribution >= 4 is 40.9 Å². The summed E-state index contributed by atoms with van der Waals surface area (Å²) in [7, 11) is 1.60. The number of fused-ring (bicyclic) bond motifs is 1. The molecule has 0 saturated carbocycles. The molecule has 4 rings (SSSR count). The minimum atomic E-state index is -0.749. The van der Waals surface area contributed by atoms with E-state index >= 15 is 0 Å². The van der Waals surface area contributed by atoms with E-state index < -0.39 is 33.4 Å². The number of likely N-dealkylation sites (tertiary alicyclic amines) is 1. The topological polar surface area (TPSA) is 102 Å². The van der Waals surface area contributed by atoms with E-state index in [1.165, 1.54) is 0 Å². The third-order valence-corrected chi connectivity index (χ3v) is 10.3. The monoisotopic (exact) mass is 502 g/mol. The molecule has 3 saturated heterocycles. The molecule has 35 heavy (non-hydrogen) atoms. The zero-order valence-electron chi connectivity index (χ0n) is 21.3. The Morgan fingerprint density at radius 2 is 1.83 bits per heavy atom. The van der Waals surface area contributed by atoms with Crippen LogP contribution < -0.4 is 15.5 Å². The molecule has 1 aromatic carbocycles. The van der Waals surface area contributed by atoms with E-state index in [-0.39, 0.29) is 24.3 Å². The molecule has 9 heteroatoms. The van der Waals surface area contributed by atoms with Crippen LogP contribution in [-0.2, 0) is 14.4 Å². The summed E-state index contributed by atoms with van der Waals surface area (Å²) in [5.74, 6) is -1.66. The molecule has 3 fully saturated rings. The van der Waals surface area contributed by atoms with Crippen molar-refractivity contribution in [1.29, 1.82) is 0 Å². The van der Waals surface area contributed by atoms with Crippen LogP contribution in [0.2, 0.25) is 0 Å². The van der Waals surface area contributed by atoms with E-state index in [0.29, 0.717) is 18.5 Å². The molecule has 6 atom stereocenters. The molecule has 0 aromatic heterocycles. The Kier molecular flexibility index (Phi) is 7.12. The van der Waals surface area contributed by atoms with Crippen LogP contribution in [0.25, 0.3) is 0 Å². The maximum absolute atomic E-state index is 13.9. The zero-order chi connectivity index (χ0) is 25.5. The van der Waals surface area contributed by atoms with Crippen molar-refractivity contribution in [1.82, 2.24) is 10.2 Å². The number of benzene rings is 1. The molecule has 3 aliphatic heterocycles. The number of hydrogen-bond acceptors (Lipinski definition) is 6. The highest BCUT2D eigenvalue weighted by Crippen LogP contribution is 2.71. The largest absolute Gasteiger partial charge is 0.394 e. The summed E-state index contributed by atoms with van der Waals surface area (Å²) >= 11 is 1.64. The van der Waals surface area contributed by atoms with Gasteiger partial charge in [-0.2, -0.15) is 0 Å². The molecule has 0 radical (unpaired) electrons. The smallest absolute Gasteiger partial charge is 0.248 e. The lowest BCUT2D eigenvalue weighted by Gasteiger charge is -2.36. The van der Waals surface area contributed by atoms with Crippen LogP contribution in [0.4, 0.5) is 11.4 Å². The van der Waals surface area contributed by atoms with E-state index in [1.807, 2.05) is 38.1 Å². The number of carbonyl (C=O) groups excluding carboxylic acids is 3. The number of aliphatic hydroxyl groups excluding tert-OH is 1. The number of aliphatic hydroxyl groups is 1. The molecular weight excluding hydrogens is 464 g/mol. The van der Waals surface area contributed by atoms with Gasteiger partial charge in [-0.1, -0.05) is 6.92 Å². The van der Waals surface area contributed by atoms with Crippen LogP contribution in [0.15, 0.2) is 24.3 Å². The Labute approximate surface area is 212 Å². The Morgan fingerprint density at radius 1 is 1.17 bits per heavy atom. The first-order valence-electron chi connectivity index (χ1n) is 12.7. The number of thioether (sulfide) groups is 1. The minimum Gasteiger partial charge on any atom is -0.394 e. The molecule has 1 spiro atoms. The number of anilines is 2. The van der Waals surface area contributed by atoms with Gasteiger partial charge < -0.3 is 25.5 Å². The lowest BCUT2D eigenvalue weighted by molar-refractivity contribution is -0.142. The molecule has 2 unspecified atom stereocenters. The second-order valence-corrected chi connectivity index (χ2v) is 11.9. The standard InChI is InChI=1S/C26H38N4O4S/c1-6-17(15-31)30-21(23(33)28-16-9-11-18(12-10-16)29(7-2)8-3)26-14-13-25(4,35-26)19(22(32)27-5)20(26)24(30)34/h9-12,17,19-21,31H,6-8,13-15H2,1-5H3,(H,27,32)(H,28,33)/t17-,19+,20-,21?,25-,26?/m0/s1. The van der Waals surface area contributed by atoms with Crippen molar-refractivity contribution < 1.29 is 19.5 Å². The molecular formula is C26H38N4O4S. The van der Waals surface area contributed by atoms with Crippen molar-refractivity contribution in [2.45, 2.75) is 68.5 Å². The average Bonchev–Trinajstić information content (AvgIpc) is 3.42. The van der Waals surface area contributed by atoms with Crippen molar-refractivity contribution in [3.63, 3.8) is 0 Å². The number of carbonyl (C=O) groups is 3. The Bertz CT molecular complexity index is 980. The highest BCUT2D eigenvalue weighted by Gasteiger charge is 2.77. The van der Waals surface area contributed by atoms with Gasteiger partial charge in [-0.15, -0.1) is 11.8 Å². The van der Waals surface area contributed by atoms with Gasteiger partial charge in [0.05, 0.1) is 29.2 Å². The number of amides is 3. The quantitative estimate of drug-likeness (QED) is 0.480. The predicted molar refractivity (Wildman–Crippen MR) is 139 cm³/mol. The van der Waals surface area contributed by atoms with Gasteiger partial charge in [-0.3, -0.25) is 14.4 Å². The van der Waals surface area contributed by atoms with Gasteiger partial charge in [0.1, 0.15) is 6.04 Å². The molecule has 3 aliphatic rings. The third kappa shape index (κ3) is 3.91. The molecule has 3 N–H and O–H groups in total. The van der Waals surface area contributed by atoms with Crippen LogP contribution in [0, 0.1) is 11.8 Å². The van der Waals surface area contributed by atoms with Crippen LogP contribution in [0.5, 0.6) is 0 Å². The Balaban J connectivity index is 1.69. The molecule has 3 amide bonds. The Morgan fingerprint density at radius 3 is 2.37 bits per heavy atom. The van der Waals surface area contributed by atoms with Crippen LogP contribution >= 0.6 is 11.8 Å². The second kappa shape index (κ2) is 9.65. The molecule has 0 aliphatic carbocycles. The SMILES string of the molecule is CC[C@@H](CO)N1C(=O)[C@@H]2[C@H](C(=O)NC)[C@]3(C)CCC2(S3)C1C(=O)Nc1ccc(N(CC)CC)cc1. The van der Waals surface area contributed by atoms with Crippen molar-refractivity contribution in [2.24, 2.45) is 11.8 Å². The second-order valence-electron chi connectivity index (χ2n) is 10.0. The highest BCUT2D eigenvalue weighted by molar-refractivity contribution is 8.02. The van der Waals surface area contributed by atoms with E-state index in [9.17, 15) is 19.5 Å². The van der Waals surface area contributed by atoms with Gasteiger partial charge in [-0.05, 0) is 64.3 Å². The normalized spacial score (nSPS) is 31.9. The van der Waals surface area contributed by atoms with Crippen LogP contribution in [0.3, 0.4) is 0 Å². The fraction of sp³-hybridized carbons (Fsp3) is 0.654. The number of nitrogens with zero attached hydrogens (tertiary/aromatic N) is 2. The lowest BCUT2D eigenvalue weighted by atomic mass is 9.66. The summed E-state index contributed by atoms with van der Waals surface area (Å²) in [6, 6.07) is 6.53. The first kappa shape index (κ1) is 25.8. The van der Waals surface area contributed by atoms with Gasteiger partial charge in [0.25, 0.3) is 0 Å².